The lowest BCUT2D eigenvalue weighted by atomic mass is 10.3. The molecule has 0 aromatic rings. The van der Waals surface area contributed by atoms with Crippen LogP contribution in [0.4, 0.5) is 0 Å². The van der Waals surface area contributed by atoms with Crippen molar-refractivity contribution in [2.24, 2.45) is 0 Å². The average Bonchev–Trinajstić information content (AvgIpc) is 2.45. The number of hydrogen-bond donors (Lipinski definition) is 5. The fraction of sp³-hybridized carbons (Fsp3) is 0.571. The molecule has 25 heavy (non-hydrogen) atoms. The van der Waals surface area contributed by atoms with Crippen molar-refractivity contribution >= 4 is 46.6 Å². The van der Waals surface area contributed by atoms with Crippen LogP contribution in [0.2, 0.25) is 0 Å². The third-order valence-electron chi connectivity index (χ3n) is 2.20. The van der Waals surface area contributed by atoms with Gasteiger partial charge in [0.2, 0.25) is 17.7 Å². The molecule has 0 fully saturated rings. The lowest BCUT2D eigenvalue weighted by Gasteiger charge is -2.07. The van der Waals surface area contributed by atoms with Crippen molar-refractivity contribution in [1.82, 2.24) is 26.6 Å². The zero-order valence-electron chi connectivity index (χ0n) is 14.8. The van der Waals surface area contributed by atoms with Crippen molar-refractivity contribution < 1.29 is 24.0 Å². The Hall–Kier alpha value is -2.56. The van der Waals surface area contributed by atoms with E-state index < -0.39 is 0 Å². The predicted molar refractivity (Wildman–Crippen MR) is 95.2 cm³/mol. The molecule has 0 saturated heterocycles. The van der Waals surface area contributed by atoms with Crippen LogP contribution in [0.3, 0.4) is 0 Å². The summed E-state index contributed by atoms with van der Waals surface area (Å²) in [5.41, 5.74) is 0. The molecular formula is C14H25N5O5S. The van der Waals surface area contributed by atoms with Crippen molar-refractivity contribution in [3.05, 3.63) is 0 Å². The second-order valence-electron chi connectivity index (χ2n) is 4.80. The Kier molecular flexibility index (Phi) is 14.8. The van der Waals surface area contributed by atoms with Gasteiger partial charge in [0.1, 0.15) is 11.6 Å². The summed E-state index contributed by atoms with van der Waals surface area (Å²) in [7, 11) is 1.67. The maximum absolute atomic E-state index is 10.9. The molecule has 0 saturated carbocycles. The minimum atomic E-state index is -0.378. The van der Waals surface area contributed by atoms with E-state index in [4.69, 9.17) is 12.2 Å². The minimum absolute atomic E-state index is 0.0709. The highest BCUT2D eigenvalue weighted by Gasteiger charge is 2.03. The summed E-state index contributed by atoms with van der Waals surface area (Å²) in [5.74, 6) is -1.27. The van der Waals surface area contributed by atoms with Crippen molar-refractivity contribution in [2.45, 2.75) is 33.6 Å². The van der Waals surface area contributed by atoms with E-state index in [0.29, 0.717) is 5.11 Å². The first-order valence-corrected chi connectivity index (χ1v) is 7.71. The predicted octanol–water partition coefficient (Wildman–Crippen LogP) is -1.69. The number of rotatable bonds is 8. The molecule has 0 aromatic heterocycles. The molecule has 0 aliphatic carbocycles. The molecule has 142 valence electrons. The number of hydrogen-bond acceptors (Lipinski definition) is 6. The largest absolute Gasteiger partial charge is 0.366 e. The summed E-state index contributed by atoms with van der Waals surface area (Å²) in [6.07, 6.45) is -0.229. The summed E-state index contributed by atoms with van der Waals surface area (Å²) in [6.45, 7) is 4.34. The van der Waals surface area contributed by atoms with Crippen LogP contribution in [0.5, 0.6) is 0 Å². The van der Waals surface area contributed by atoms with Crippen molar-refractivity contribution in [3.8, 4) is 0 Å². The molecular weight excluding hydrogens is 350 g/mol. The number of thiocarbonyl (C=S) groups is 1. The minimum Gasteiger partial charge on any atom is -0.366 e. The van der Waals surface area contributed by atoms with Crippen LogP contribution in [-0.2, 0) is 24.0 Å². The molecule has 0 atom stereocenters. The van der Waals surface area contributed by atoms with Gasteiger partial charge in [-0.05, 0) is 26.1 Å². The second-order valence-corrected chi connectivity index (χ2v) is 5.21. The Bertz CT molecular complexity index is 510. The molecule has 0 radical (unpaired) electrons. The third-order valence-corrected chi connectivity index (χ3v) is 2.55. The summed E-state index contributed by atoms with van der Waals surface area (Å²) in [6, 6.07) is 0. The Morgan fingerprint density at radius 1 is 0.720 bits per heavy atom. The number of Topliss-reactive ketones (excluding diaryl/α,β-unsaturated/α-hetero) is 2. The Morgan fingerprint density at radius 2 is 1.12 bits per heavy atom. The molecule has 0 heterocycles. The van der Waals surface area contributed by atoms with Gasteiger partial charge >= 0.3 is 0 Å². The Morgan fingerprint density at radius 3 is 1.44 bits per heavy atom. The molecule has 0 unspecified atom stereocenters. The number of carbonyl (C=O) groups excluding carboxylic acids is 5. The van der Waals surface area contributed by atoms with Gasteiger partial charge in [0.15, 0.2) is 5.11 Å². The topological polar surface area (TPSA) is 146 Å². The van der Waals surface area contributed by atoms with Crippen LogP contribution in [0.1, 0.15) is 33.6 Å². The first-order chi connectivity index (χ1) is 11.6. The number of carbonyl (C=O) groups is 5. The highest BCUT2D eigenvalue weighted by molar-refractivity contribution is 7.80. The lowest BCUT2D eigenvalue weighted by molar-refractivity contribution is -0.129. The van der Waals surface area contributed by atoms with Crippen LogP contribution in [0.25, 0.3) is 0 Å². The molecule has 0 aliphatic heterocycles. The highest BCUT2D eigenvalue weighted by atomic mass is 32.1. The van der Waals surface area contributed by atoms with E-state index in [1.54, 1.807) is 7.05 Å². The summed E-state index contributed by atoms with van der Waals surface area (Å²) in [5, 5.41) is 13.0. The number of amides is 3. The molecule has 0 aromatic carbocycles. The van der Waals surface area contributed by atoms with Gasteiger partial charge in [-0.3, -0.25) is 24.0 Å². The van der Waals surface area contributed by atoms with Crippen molar-refractivity contribution in [2.75, 3.05) is 20.4 Å². The van der Waals surface area contributed by atoms with E-state index >= 15 is 0 Å². The lowest BCUT2D eigenvalue weighted by Crippen LogP contribution is -2.41. The van der Waals surface area contributed by atoms with E-state index in [0.717, 1.165) is 0 Å². The molecule has 0 aliphatic rings. The molecule has 3 amide bonds. The number of nitrogens with one attached hydrogen (secondary N) is 5. The molecule has 5 N–H and O–H groups in total. The monoisotopic (exact) mass is 375 g/mol. The zero-order valence-corrected chi connectivity index (χ0v) is 15.6. The molecule has 0 spiro atoms. The fourth-order valence-electron chi connectivity index (χ4n) is 1.16. The number of ketones is 2. The van der Waals surface area contributed by atoms with E-state index in [1.165, 1.54) is 20.8 Å². The normalized spacial score (nSPS) is 8.80. The molecule has 0 rings (SSSR count). The second kappa shape index (κ2) is 15.0. The third kappa shape index (κ3) is 21.4. The van der Waals surface area contributed by atoms with E-state index in [1.807, 2.05) is 0 Å². The molecule has 11 heteroatoms. The van der Waals surface area contributed by atoms with Crippen LogP contribution in [0.15, 0.2) is 0 Å². The van der Waals surface area contributed by atoms with E-state index in [2.05, 4.69) is 26.6 Å². The maximum Gasteiger partial charge on any atom is 0.228 e. The van der Waals surface area contributed by atoms with Crippen molar-refractivity contribution in [1.29, 1.82) is 0 Å². The first-order valence-electron chi connectivity index (χ1n) is 7.30. The van der Waals surface area contributed by atoms with Gasteiger partial charge in [-0.1, -0.05) is 0 Å². The van der Waals surface area contributed by atoms with Gasteiger partial charge < -0.3 is 26.6 Å². The van der Waals surface area contributed by atoms with Gasteiger partial charge in [-0.2, -0.15) is 0 Å². The van der Waals surface area contributed by atoms with Crippen LogP contribution in [0, 0.1) is 0 Å². The van der Waals surface area contributed by atoms with Crippen LogP contribution < -0.4 is 26.6 Å². The van der Waals surface area contributed by atoms with Gasteiger partial charge in [-0.15, -0.1) is 0 Å². The Balaban J connectivity index is 0. The van der Waals surface area contributed by atoms with E-state index in [9.17, 15) is 24.0 Å². The van der Waals surface area contributed by atoms with E-state index in [-0.39, 0.29) is 55.5 Å². The van der Waals surface area contributed by atoms with Crippen molar-refractivity contribution in [3.63, 3.8) is 0 Å². The SMILES string of the molecule is CC(=O)CC(=O)NCNC(C)=O.CNC(=S)NCNC(=O)CC(C)=O. The molecule has 0 bridgehead atoms. The average molecular weight is 375 g/mol. The Labute approximate surface area is 151 Å². The van der Waals surface area contributed by atoms with Gasteiger partial charge in [-0.25, -0.2) is 0 Å². The summed E-state index contributed by atoms with van der Waals surface area (Å²) >= 11 is 4.75. The summed E-state index contributed by atoms with van der Waals surface area (Å²) in [4.78, 5) is 52.8. The van der Waals surface area contributed by atoms with Crippen LogP contribution >= 0.6 is 12.2 Å². The smallest absolute Gasteiger partial charge is 0.228 e. The quantitative estimate of drug-likeness (QED) is 0.192. The highest BCUT2D eigenvalue weighted by Crippen LogP contribution is 1.80. The van der Waals surface area contributed by atoms with Gasteiger partial charge in [0.25, 0.3) is 0 Å². The maximum atomic E-state index is 10.9. The summed E-state index contributed by atoms with van der Waals surface area (Å²) < 4.78 is 0. The van der Waals surface area contributed by atoms with Crippen LogP contribution in [-0.4, -0.2) is 54.8 Å². The molecule has 10 nitrogen and oxygen atoms in total. The standard InChI is InChI=1S/C7H13N3O2S.C7H12N2O3/c1-5(11)3-6(12)9-4-10-7(13)8-2;1-5(10)3-7(12)9-4-8-6(2)11/h3-4H2,1-2H3,(H,9,12)(H2,8,10,13);3-4H2,1-2H3,(H,8,11)(H,9,12). The van der Waals surface area contributed by atoms with Gasteiger partial charge in [0.05, 0.1) is 26.2 Å². The van der Waals surface area contributed by atoms with Gasteiger partial charge in [0, 0.05) is 14.0 Å². The zero-order chi connectivity index (χ0) is 19.8. The fourth-order valence-corrected chi connectivity index (χ4v) is 1.23. The first kappa shape index (κ1) is 24.7.